The first-order valence-electron chi connectivity index (χ1n) is 6.81. The molecular formula is C13H26N2. The van der Waals surface area contributed by atoms with Crippen LogP contribution in [0.3, 0.4) is 0 Å². The average Bonchev–Trinajstić information content (AvgIpc) is 2.31. The molecule has 0 aromatic rings. The second kappa shape index (κ2) is 5.86. The minimum atomic E-state index is 0.827. The highest BCUT2D eigenvalue weighted by Gasteiger charge is 2.21. The minimum Gasteiger partial charge on any atom is -0.317 e. The van der Waals surface area contributed by atoms with E-state index in [1.807, 2.05) is 0 Å². The zero-order chi connectivity index (χ0) is 10.5. The average molecular weight is 210 g/mol. The van der Waals surface area contributed by atoms with Crippen LogP contribution in [-0.2, 0) is 0 Å². The summed E-state index contributed by atoms with van der Waals surface area (Å²) in [6.07, 6.45) is 8.54. The molecule has 1 N–H and O–H groups in total. The number of nitrogens with zero attached hydrogens (tertiary/aromatic N) is 1. The van der Waals surface area contributed by atoms with E-state index in [0.29, 0.717) is 0 Å². The Hall–Kier alpha value is -0.0800. The van der Waals surface area contributed by atoms with Gasteiger partial charge in [-0.3, -0.25) is 0 Å². The number of rotatable bonds is 3. The molecule has 2 fully saturated rings. The lowest BCUT2D eigenvalue weighted by Gasteiger charge is -2.35. The highest BCUT2D eigenvalue weighted by atomic mass is 15.1. The van der Waals surface area contributed by atoms with Crippen LogP contribution in [0.25, 0.3) is 0 Å². The van der Waals surface area contributed by atoms with E-state index in [1.54, 1.807) is 0 Å². The molecule has 0 aliphatic carbocycles. The molecule has 0 amide bonds. The summed E-state index contributed by atoms with van der Waals surface area (Å²) in [5.41, 5.74) is 0. The van der Waals surface area contributed by atoms with Crippen molar-refractivity contribution in [2.75, 3.05) is 26.2 Å². The van der Waals surface area contributed by atoms with Crippen molar-refractivity contribution in [1.82, 2.24) is 10.2 Å². The van der Waals surface area contributed by atoms with Crippen molar-refractivity contribution in [2.24, 2.45) is 5.92 Å². The van der Waals surface area contributed by atoms with E-state index >= 15 is 0 Å². The maximum absolute atomic E-state index is 3.45. The van der Waals surface area contributed by atoms with E-state index in [-0.39, 0.29) is 0 Å². The van der Waals surface area contributed by atoms with Crippen LogP contribution in [0.1, 0.15) is 45.4 Å². The summed E-state index contributed by atoms with van der Waals surface area (Å²) in [4.78, 5) is 2.71. The molecule has 2 nitrogen and oxygen atoms in total. The first-order valence-corrected chi connectivity index (χ1v) is 6.81. The number of hydrogen-bond donors (Lipinski definition) is 1. The monoisotopic (exact) mass is 210 g/mol. The molecule has 1 unspecified atom stereocenters. The van der Waals surface area contributed by atoms with Crippen LogP contribution in [0.5, 0.6) is 0 Å². The molecule has 2 heterocycles. The van der Waals surface area contributed by atoms with Gasteiger partial charge in [-0.15, -0.1) is 0 Å². The molecule has 0 aromatic carbocycles. The van der Waals surface area contributed by atoms with Gasteiger partial charge >= 0.3 is 0 Å². The fourth-order valence-electron chi connectivity index (χ4n) is 3.11. The molecule has 2 heteroatoms. The normalized spacial score (nSPS) is 27.8. The summed E-state index contributed by atoms with van der Waals surface area (Å²) in [6.45, 7) is 7.64. The lowest BCUT2D eigenvalue weighted by molar-refractivity contribution is 0.144. The Balaban J connectivity index is 1.72. The first kappa shape index (κ1) is 11.4. The molecule has 2 rings (SSSR count). The highest BCUT2D eigenvalue weighted by Crippen LogP contribution is 2.22. The lowest BCUT2D eigenvalue weighted by atomic mass is 9.90. The van der Waals surface area contributed by atoms with E-state index < -0.39 is 0 Å². The Morgan fingerprint density at radius 2 is 1.80 bits per heavy atom. The molecule has 0 saturated carbocycles. The maximum atomic E-state index is 3.45. The van der Waals surface area contributed by atoms with Crippen molar-refractivity contribution in [3.63, 3.8) is 0 Å². The number of piperidine rings is 2. The van der Waals surface area contributed by atoms with Gasteiger partial charge in [-0.25, -0.2) is 0 Å². The zero-order valence-corrected chi connectivity index (χ0v) is 10.2. The van der Waals surface area contributed by atoms with E-state index in [2.05, 4.69) is 17.1 Å². The second-order valence-corrected chi connectivity index (χ2v) is 5.37. The van der Waals surface area contributed by atoms with Crippen molar-refractivity contribution in [2.45, 2.75) is 51.5 Å². The Kier molecular flexibility index (Phi) is 4.45. The van der Waals surface area contributed by atoms with Gasteiger partial charge in [-0.2, -0.15) is 0 Å². The van der Waals surface area contributed by atoms with Gasteiger partial charge < -0.3 is 10.2 Å². The van der Waals surface area contributed by atoms with E-state index in [4.69, 9.17) is 0 Å². The molecule has 2 aliphatic heterocycles. The largest absolute Gasteiger partial charge is 0.317 e. The molecule has 2 aliphatic rings. The third-order valence-electron chi connectivity index (χ3n) is 4.15. The first-order chi connectivity index (χ1) is 7.36. The van der Waals surface area contributed by atoms with Gasteiger partial charge in [-0.1, -0.05) is 6.42 Å². The molecule has 2 saturated heterocycles. The van der Waals surface area contributed by atoms with Crippen molar-refractivity contribution in [3.8, 4) is 0 Å². The molecule has 15 heavy (non-hydrogen) atoms. The van der Waals surface area contributed by atoms with Gasteiger partial charge in [0.2, 0.25) is 0 Å². The topological polar surface area (TPSA) is 15.3 Å². The summed E-state index contributed by atoms with van der Waals surface area (Å²) in [5, 5.41) is 3.45. The Bertz CT molecular complexity index is 169. The van der Waals surface area contributed by atoms with Crippen LogP contribution >= 0.6 is 0 Å². The van der Waals surface area contributed by atoms with Crippen molar-refractivity contribution in [1.29, 1.82) is 0 Å². The summed E-state index contributed by atoms with van der Waals surface area (Å²) in [5.74, 6) is 0.989. The van der Waals surface area contributed by atoms with E-state index in [1.165, 1.54) is 64.7 Å². The van der Waals surface area contributed by atoms with Gasteiger partial charge in [0.05, 0.1) is 0 Å². The third kappa shape index (κ3) is 3.46. The van der Waals surface area contributed by atoms with Gasteiger partial charge in [0, 0.05) is 6.04 Å². The van der Waals surface area contributed by atoms with Crippen LogP contribution in [0.4, 0.5) is 0 Å². The summed E-state index contributed by atoms with van der Waals surface area (Å²) in [6, 6.07) is 0.827. The molecule has 0 radical (unpaired) electrons. The fraction of sp³-hybridized carbons (Fsp3) is 1.00. The molecule has 88 valence electrons. The minimum absolute atomic E-state index is 0.827. The smallest absolute Gasteiger partial charge is 0.00695 e. The van der Waals surface area contributed by atoms with Crippen LogP contribution in [0, 0.1) is 5.92 Å². The van der Waals surface area contributed by atoms with Crippen molar-refractivity contribution >= 4 is 0 Å². The van der Waals surface area contributed by atoms with Gasteiger partial charge in [-0.05, 0) is 71.1 Å². The van der Waals surface area contributed by atoms with Gasteiger partial charge in [0.15, 0.2) is 0 Å². The Morgan fingerprint density at radius 3 is 2.47 bits per heavy atom. The van der Waals surface area contributed by atoms with Crippen LogP contribution < -0.4 is 5.32 Å². The van der Waals surface area contributed by atoms with Crippen LogP contribution in [-0.4, -0.2) is 37.1 Å². The maximum Gasteiger partial charge on any atom is 0.00695 e. The number of hydrogen-bond acceptors (Lipinski definition) is 2. The summed E-state index contributed by atoms with van der Waals surface area (Å²) >= 11 is 0. The fourth-order valence-corrected chi connectivity index (χ4v) is 3.11. The van der Waals surface area contributed by atoms with Gasteiger partial charge in [0.1, 0.15) is 0 Å². The Labute approximate surface area is 94.4 Å². The quantitative estimate of drug-likeness (QED) is 0.768. The van der Waals surface area contributed by atoms with Crippen LogP contribution in [0.2, 0.25) is 0 Å². The molecular weight excluding hydrogens is 184 g/mol. The lowest BCUT2D eigenvalue weighted by Crippen LogP contribution is -2.39. The molecule has 1 atom stereocenters. The predicted molar refractivity (Wildman–Crippen MR) is 65.1 cm³/mol. The zero-order valence-electron chi connectivity index (χ0n) is 10.2. The van der Waals surface area contributed by atoms with Crippen LogP contribution in [0.15, 0.2) is 0 Å². The molecule has 0 spiro atoms. The predicted octanol–water partition coefficient (Wildman–Crippen LogP) is 2.25. The number of likely N-dealkylation sites (tertiary alicyclic amines) is 1. The van der Waals surface area contributed by atoms with Gasteiger partial charge in [0.25, 0.3) is 0 Å². The summed E-state index contributed by atoms with van der Waals surface area (Å²) < 4.78 is 0. The van der Waals surface area contributed by atoms with E-state index in [0.717, 1.165) is 12.0 Å². The highest BCUT2D eigenvalue weighted by molar-refractivity contribution is 4.77. The standard InChI is InChI=1S/C13H26N2/c1-12(15-9-3-2-4-10-15)11-13-5-7-14-8-6-13/h12-14H,2-11H2,1H3. The van der Waals surface area contributed by atoms with Crippen molar-refractivity contribution < 1.29 is 0 Å². The SMILES string of the molecule is CC(CC1CCNCC1)N1CCCCC1. The van der Waals surface area contributed by atoms with Crippen molar-refractivity contribution in [3.05, 3.63) is 0 Å². The Morgan fingerprint density at radius 1 is 1.13 bits per heavy atom. The second-order valence-electron chi connectivity index (χ2n) is 5.37. The third-order valence-corrected chi connectivity index (χ3v) is 4.15. The van der Waals surface area contributed by atoms with E-state index in [9.17, 15) is 0 Å². The molecule has 0 aromatic heterocycles. The molecule has 0 bridgehead atoms. The number of nitrogens with one attached hydrogen (secondary N) is 1. The summed E-state index contributed by atoms with van der Waals surface area (Å²) in [7, 11) is 0.